The van der Waals surface area contributed by atoms with Gasteiger partial charge >= 0.3 is 72.1 Å². The topological polar surface area (TPSA) is 0 Å². The van der Waals surface area contributed by atoms with Gasteiger partial charge in [0, 0.05) is 0 Å². The van der Waals surface area contributed by atoms with Crippen LogP contribution in [0.4, 0.5) is 0 Å². The van der Waals surface area contributed by atoms with Crippen molar-refractivity contribution in [2.45, 2.75) is 19.6 Å². The molecule has 3 heteroatoms. The SMILES string of the molecule is Cc1cc2c(-c3cccc4ccccc34)cccc2[cH-]1.Cc1cc2c(-c3cccc4ccccc34)cccc2[cH-]1.[CH3][Ge](=[Zr])[c]1ccccc1.[Cl-]. The van der Waals surface area contributed by atoms with Gasteiger partial charge in [-0.05, 0) is 32.7 Å². The van der Waals surface area contributed by atoms with Crippen LogP contribution in [0.3, 0.4) is 0 Å². The maximum atomic E-state index is 2.41. The molecule has 0 atom stereocenters. The predicted octanol–water partition coefficient (Wildman–Crippen LogP) is 9.44. The van der Waals surface area contributed by atoms with Gasteiger partial charge < -0.3 is 12.4 Å². The molecule has 0 amide bonds. The Balaban J connectivity index is 0.000000138. The van der Waals surface area contributed by atoms with Crippen LogP contribution in [0.5, 0.6) is 0 Å². The van der Waals surface area contributed by atoms with E-state index in [9.17, 15) is 0 Å². The van der Waals surface area contributed by atoms with E-state index in [4.69, 9.17) is 0 Å². The molecule has 0 aliphatic rings. The normalized spacial score (nSPS) is 10.6. The number of halogens is 1. The second kappa shape index (κ2) is 16.3. The molecule has 0 saturated carbocycles. The average Bonchev–Trinajstić information content (AvgIpc) is 3.73. The van der Waals surface area contributed by atoms with Crippen molar-refractivity contribution in [3.8, 4) is 22.3 Å². The fourth-order valence-electron chi connectivity index (χ4n) is 6.85. The molecule has 0 bridgehead atoms. The van der Waals surface area contributed by atoms with Crippen molar-refractivity contribution in [2.24, 2.45) is 0 Å². The summed E-state index contributed by atoms with van der Waals surface area (Å²) >= 11 is 1.76. The zero-order valence-corrected chi connectivity index (χ0v) is 33.9. The molecule has 0 aliphatic heterocycles. The summed E-state index contributed by atoms with van der Waals surface area (Å²) in [5.74, 6) is 2.41. The van der Waals surface area contributed by atoms with E-state index in [-0.39, 0.29) is 12.4 Å². The number of hydrogen-bond donors (Lipinski definition) is 0. The molecular weight excluding hydrogens is 764 g/mol. The zero-order chi connectivity index (χ0) is 33.7. The molecule has 0 heterocycles. The van der Waals surface area contributed by atoms with E-state index in [1.165, 1.54) is 76.5 Å². The second-order valence-electron chi connectivity index (χ2n) is 12.7. The van der Waals surface area contributed by atoms with Crippen molar-refractivity contribution in [3.63, 3.8) is 0 Å². The summed E-state index contributed by atoms with van der Waals surface area (Å²) in [6.07, 6.45) is 0. The van der Waals surface area contributed by atoms with Crippen molar-refractivity contribution in [1.29, 1.82) is 0 Å². The van der Waals surface area contributed by atoms with Gasteiger partial charge in [-0.2, -0.15) is 12.1 Å². The van der Waals surface area contributed by atoms with Crippen molar-refractivity contribution in [2.75, 3.05) is 0 Å². The van der Waals surface area contributed by atoms with Crippen LogP contribution in [0, 0.1) is 13.8 Å². The monoisotopic (exact) mass is 801 g/mol. The molecule has 9 aromatic carbocycles. The molecule has 0 fully saturated rings. The summed E-state index contributed by atoms with van der Waals surface area (Å²) in [7, 11) is -0.676. The van der Waals surface area contributed by atoms with Gasteiger partial charge in [0.05, 0.1) is 0 Å². The van der Waals surface area contributed by atoms with Crippen LogP contribution in [-0.2, 0) is 21.6 Å². The molecule has 9 aromatic rings. The minimum atomic E-state index is -0.676. The Morgan fingerprint density at radius 2 is 0.780 bits per heavy atom. The molecule has 0 N–H and O–H groups in total. The molecule has 0 nitrogen and oxygen atoms in total. The largest absolute Gasteiger partial charge is 1.00 e. The van der Waals surface area contributed by atoms with Crippen molar-refractivity contribution >= 4 is 57.5 Å². The van der Waals surface area contributed by atoms with E-state index in [0.29, 0.717) is 0 Å². The molecule has 0 aliphatic carbocycles. The molecule has 0 aromatic heterocycles. The number of fused-ring (bicyclic) bond motifs is 4. The molecule has 0 saturated heterocycles. The molecular formula is C47H38ClGeZr-3. The standard InChI is InChI=1S/2C20H15.C7H8Ge.ClH.Zr/c2*1-14-12-16-8-5-11-19(20(16)13-14)18-10-4-7-15-6-2-3-9-17(15)18;1-8-7-5-3-2-4-6-7;;/h2*2-13H,1H3;2-6H,1H3;1H;/q2*-1;;;/p-1. The zero-order valence-electron chi connectivity index (χ0n) is 28.6. The minimum absolute atomic E-state index is 0. The van der Waals surface area contributed by atoms with Gasteiger partial charge in [0.25, 0.3) is 0 Å². The molecule has 0 radical (unpaired) electrons. The predicted molar refractivity (Wildman–Crippen MR) is 212 cm³/mol. The van der Waals surface area contributed by atoms with E-state index in [0.717, 1.165) is 0 Å². The van der Waals surface area contributed by atoms with Crippen molar-refractivity contribution in [3.05, 3.63) is 187 Å². The maximum Gasteiger partial charge on any atom is -1.00 e. The first-order valence-electron chi connectivity index (χ1n) is 16.9. The van der Waals surface area contributed by atoms with Crippen LogP contribution >= 0.6 is 0 Å². The molecule has 244 valence electrons. The summed E-state index contributed by atoms with van der Waals surface area (Å²) < 4.78 is 1.62. The average molecular weight is 802 g/mol. The number of aryl methyl sites for hydroxylation is 2. The second-order valence-corrected chi connectivity index (χ2v) is 26.1. The Morgan fingerprint density at radius 3 is 1.20 bits per heavy atom. The number of hydrogen-bond acceptors (Lipinski definition) is 0. The van der Waals surface area contributed by atoms with Gasteiger partial charge in [-0.25, -0.2) is 0 Å². The molecule has 0 unspecified atom stereocenters. The van der Waals surface area contributed by atoms with Gasteiger partial charge in [0.15, 0.2) is 0 Å². The van der Waals surface area contributed by atoms with Crippen LogP contribution in [0.1, 0.15) is 11.1 Å². The van der Waals surface area contributed by atoms with Gasteiger partial charge in [-0.3, -0.25) is 0 Å². The Labute approximate surface area is 317 Å². The van der Waals surface area contributed by atoms with E-state index < -0.39 is 9.98 Å². The van der Waals surface area contributed by atoms with E-state index in [1.54, 1.807) is 26.0 Å². The van der Waals surface area contributed by atoms with Crippen LogP contribution < -0.4 is 16.8 Å². The fourth-order valence-corrected chi connectivity index (χ4v) is 10.4. The maximum absolute atomic E-state index is 2.41. The van der Waals surface area contributed by atoms with Gasteiger partial charge in [0.1, 0.15) is 0 Å². The Morgan fingerprint density at radius 1 is 0.420 bits per heavy atom. The van der Waals surface area contributed by atoms with Gasteiger partial charge in [-0.15, -0.1) is 69.1 Å². The Kier molecular flexibility index (Phi) is 11.7. The Bertz CT molecular complexity index is 2390. The van der Waals surface area contributed by atoms with Crippen LogP contribution in [-0.4, -0.2) is 9.98 Å². The fraction of sp³-hybridized carbons (Fsp3) is 0.0638. The van der Waals surface area contributed by atoms with Crippen LogP contribution in [0.15, 0.2) is 176 Å². The van der Waals surface area contributed by atoms with E-state index in [2.05, 4.69) is 196 Å². The summed E-state index contributed by atoms with van der Waals surface area (Å²) in [6.45, 7) is 4.32. The molecule has 0 spiro atoms. The van der Waals surface area contributed by atoms with E-state index >= 15 is 0 Å². The Hall–Kier alpha value is -4.00. The summed E-state index contributed by atoms with van der Waals surface area (Å²) in [5.41, 5.74) is 7.94. The number of benzene rings is 7. The third kappa shape index (κ3) is 7.82. The smallest absolute Gasteiger partial charge is 1.00 e. The van der Waals surface area contributed by atoms with Crippen molar-refractivity contribution < 1.29 is 34.0 Å². The molecule has 9 rings (SSSR count). The van der Waals surface area contributed by atoms with Gasteiger partial charge in [0.2, 0.25) is 0 Å². The summed E-state index contributed by atoms with van der Waals surface area (Å²) in [4.78, 5) is 0. The summed E-state index contributed by atoms with van der Waals surface area (Å²) in [6, 6.07) is 63.3. The molecule has 50 heavy (non-hydrogen) atoms. The quantitative estimate of drug-likeness (QED) is 0.124. The van der Waals surface area contributed by atoms with Gasteiger partial charge in [-0.1, -0.05) is 122 Å². The minimum Gasteiger partial charge on any atom is -1.00 e. The first kappa shape index (κ1) is 35.8. The first-order valence-corrected chi connectivity index (χ1v) is 27.4. The first-order chi connectivity index (χ1) is 24.0. The van der Waals surface area contributed by atoms with Crippen LogP contribution in [0.25, 0.3) is 65.3 Å². The third-order valence-electron chi connectivity index (χ3n) is 9.16. The summed E-state index contributed by atoms with van der Waals surface area (Å²) in [5, 5.41) is 10.6. The van der Waals surface area contributed by atoms with Crippen LogP contribution in [0.2, 0.25) is 5.76 Å². The van der Waals surface area contributed by atoms with Crippen molar-refractivity contribution in [1.82, 2.24) is 0 Å². The van der Waals surface area contributed by atoms with E-state index in [1.807, 2.05) is 0 Å². The number of rotatable bonds is 3. The third-order valence-corrected chi connectivity index (χ3v) is 15.4.